The van der Waals surface area contributed by atoms with Gasteiger partial charge >= 0.3 is 0 Å². The van der Waals surface area contributed by atoms with Crippen molar-refractivity contribution in [2.75, 3.05) is 12.4 Å². The van der Waals surface area contributed by atoms with Gasteiger partial charge in [0.05, 0.1) is 23.4 Å². The van der Waals surface area contributed by atoms with Crippen LogP contribution in [0.1, 0.15) is 10.4 Å². The highest BCUT2D eigenvalue weighted by atomic mass is 35.5. The Hall–Kier alpha value is -2.99. The van der Waals surface area contributed by atoms with Crippen molar-refractivity contribution in [3.63, 3.8) is 0 Å². The van der Waals surface area contributed by atoms with Gasteiger partial charge in [0.25, 0.3) is 0 Å². The zero-order chi connectivity index (χ0) is 18.7. The number of aromatic nitrogens is 1. The second-order valence-electron chi connectivity index (χ2n) is 5.29. The third-order valence-corrected chi connectivity index (χ3v) is 4.18. The molecule has 0 saturated heterocycles. The highest BCUT2D eigenvalue weighted by Crippen LogP contribution is 2.38. The molecule has 0 amide bonds. The van der Waals surface area contributed by atoms with E-state index < -0.39 is 11.6 Å². The third kappa shape index (κ3) is 3.23. The van der Waals surface area contributed by atoms with Crippen molar-refractivity contribution >= 4 is 29.4 Å². The number of halogens is 3. The topological polar surface area (TPSA) is 51.2 Å². The fourth-order valence-corrected chi connectivity index (χ4v) is 2.75. The average molecular weight is 375 g/mol. The molecule has 0 aliphatic heterocycles. The Balaban J connectivity index is 2.05. The first kappa shape index (κ1) is 17.8. The lowest BCUT2D eigenvalue weighted by atomic mass is 10.0. The predicted octanol–water partition coefficient (Wildman–Crippen LogP) is 5.24. The number of methoxy groups -OCH3 is 1. The molecule has 1 heterocycles. The van der Waals surface area contributed by atoms with Gasteiger partial charge in [-0.15, -0.1) is 0 Å². The zero-order valence-corrected chi connectivity index (χ0v) is 14.3. The van der Waals surface area contributed by atoms with E-state index in [9.17, 15) is 13.6 Å². The lowest BCUT2D eigenvalue weighted by Crippen LogP contribution is -2.01. The molecule has 1 N–H and O–H groups in total. The van der Waals surface area contributed by atoms with Crippen molar-refractivity contribution in [3.05, 3.63) is 70.9 Å². The standard InChI is InChI=1S/C19H13ClF2N2O2/c1-26-15-7-3-5-13(18(15)22)12-4-2-6-14(16(12)20)24-19-17(21)11(10-25)8-9-23-19/h2-10H,1H3,(H,23,24). The van der Waals surface area contributed by atoms with Gasteiger partial charge in [-0.25, -0.2) is 13.8 Å². The Bertz CT molecular complexity index is 980. The van der Waals surface area contributed by atoms with Crippen molar-refractivity contribution in [1.82, 2.24) is 4.98 Å². The first-order valence-electron chi connectivity index (χ1n) is 7.55. The number of carbonyl (C=O) groups is 1. The van der Waals surface area contributed by atoms with Crippen molar-refractivity contribution in [3.8, 4) is 16.9 Å². The molecule has 4 nitrogen and oxygen atoms in total. The maximum Gasteiger partial charge on any atom is 0.176 e. The fraction of sp³-hybridized carbons (Fsp3) is 0.0526. The predicted molar refractivity (Wildman–Crippen MR) is 96.3 cm³/mol. The summed E-state index contributed by atoms with van der Waals surface area (Å²) in [4.78, 5) is 14.7. The quantitative estimate of drug-likeness (QED) is 0.620. The van der Waals surface area contributed by atoms with Crippen LogP contribution in [-0.2, 0) is 0 Å². The lowest BCUT2D eigenvalue weighted by Gasteiger charge is -2.14. The summed E-state index contributed by atoms with van der Waals surface area (Å²) in [6, 6.07) is 10.8. The van der Waals surface area contributed by atoms with Crippen LogP contribution < -0.4 is 10.1 Å². The third-order valence-electron chi connectivity index (χ3n) is 3.77. The molecule has 0 atom stereocenters. The summed E-state index contributed by atoms with van der Waals surface area (Å²) in [7, 11) is 1.37. The van der Waals surface area contributed by atoms with E-state index in [1.807, 2.05) is 0 Å². The van der Waals surface area contributed by atoms with E-state index in [0.717, 1.165) is 0 Å². The van der Waals surface area contributed by atoms with E-state index in [1.165, 1.54) is 25.4 Å². The Morgan fingerprint density at radius 3 is 2.54 bits per heavy atom. The molecule has 1 aromatic heterocycles. The van der Waals surface area contributed by atoms with Gasteiger partial charge in [-0.2, -0.15) is 0 Å². The molecule has 26 heavy (non-hydrogen) atoms. The van der Waals surface area contributed by atoms with Crippen molar-refractivity contribution < 1.29 is 18.3 Å². The normalized spacial score (nSPS) is 10.5. The number of nitrogens with zero attached hydrogens (tertiary/aromatic N) is 1. The molecular weight excluding hydrogens is 362 g/mol. The largest absolute Gasteiger partial charge is 0.494 e. The highest BCUT2D eigenvalue weighted by Gasteiger charge is 2.16. The number of anilines is 2. The van der Waals surface area contributed by atoms with Crippen LogP contribution >= 0.6 is 11.6 Å². The van der Waals surface area contributed by atoms with Gasteiger partial charge in [0.1, 0.15) is 0 Å². The zero-order valence-electron chi connectivity index (χ0n) is 13.6. The van der Waals surface area contributed by atoms with E-state index in [2.05, 4.69) is 10.3 Å². The molecule has 0 unspecified atom stereocenters. The van der Waals surface area contributed by atoms with Crippen LogP contribution in [0.5, 0.6) is 5.75 Å². The van der Waals surface area contributed by atoms with Crippen molar-refractivity contribution in [2.24, 2.45) is 0 Å². The number of benzene rings is 2. The molecule has 3 aromatic rings. The Morgan fingerprint density at radius 1 is 1.08 bits per heavy atom. The van der Waals surface area contributed by atoms with E-state index >= 15 is 0 Å². The van der Waals surface area contributed by atoms with Gasteiger partial charge in [-0.05, 0) is 18.2 Å². The number of aldehydes is 1. The molecule has 0 saturated carbocycles. The summed E-state index contributed by atoms with van der Waals surface area (Å²) in [5, 5.41) is 2.92. The number of pyridine rings is 1. The molecule has 7 heteroatoms. The summed E-state index contributed by atoms with van der Waals surface area (Å²) in [5.74, 6) is -1.42. The summed E-state index contributed by atoms with van der Waals surface area (Å²) in [6.45, 7) is 0. The summed E-state index contributed by atoms with van der Waals surface area (Å²) in [5.41, 5.74) is 0.836. The van der Waals surface area contributed by atoms with Crippen molar-refractivity contribution in [2.45, 2.75) is 0 Å². The molecule has 3 rings (SSSR count). The monoisotopic (exact) mass is 374 g/mol. The molecule has 2 aromatic carbocycles. The van der Waals surface area contributed by atoms with Crippen LogP contribution in [0, 0.1) is 11.6 Å². The van der Waals surface area contributed by atoms with E-state index in [0.29, 0.717) is 17.5 Å². The number of hydrogen-bond donors (Lipinski definition) is 1. The fourth-order valence-electron chi connectivity index (χ4n) is 2.48. The minimum absolute atomic E-state index is 0.0864. The molecule has 0 fully saturated rings. The van der Waals surface area contributed by atoms with Gasteiger partial charge in [0.2, 0.25) is 0 Å². The number of carbonyl (C=O) groups excluding carboxylic acids is 1. The smallest absolute Gasteiger partial charge is 0.176 e. The van der Waals surface area contributed by atoms with Gasteiger partial charge < -0.3 is 10.1 Å². The summed E-state index contributed by atoms with van der Waals surface area (Å²) < 4.78 is 33.7. The summed E-state index contributed by atoms with van der Waals surface area (Å²) >= 11 is 6.40. The second-order valence-corrected chi connectivity index (χ2v) is 5.67. The Kier molecular flexibility index (Phi) is 5.14. The maximum absolute atomic E-state index is 14.5. The minimum Gasteiger partial charge on any atom is -0.494 e. The van der Waals surface area contributed by atoms with Gasteiger partial charge in [0, 0.05) is 17.3 Å². The van der Waals surface area contributed by atoms with Crippen LogP contribution in [0.25, 0.3) is 11.1 Å². The van der Waals surface area contributed by atoms with Crippen molar-refractivity contribution in [1.29, 1.82) is 0 Å². The maximum atomic E-state index is 14.5. The number of ether oxygens (including phenoxy) is 1. The Labute approximate surface area is 153 Å². The van der Waals surface area contributed by atoms with E-state index in [1.54, 1.807) is 30.3 Å². The molecule has 132 valence electrons. The lowest BCUT2D eigenvalue weighted by molar-refractivity contribution is 0.111. The Morgan fingerprint density at radius 2 is 1.81 bits per heavy atom. The number of hydrogen-bond acceptors (Lipinski definition) is 4. The molecule has 0 aliphatic carbocycles. The minimum atomic E-state index is -0.795. The van der Waals surface area contributed by atoms with Crippen LogP contribution in [0.3, 0.4) is 0 Å². The van der Waals surface area contributed by atoms with E-state index in [-0.39, 0.29) is 27.7 Å². The molecular formula is C19H13ClF2N2O2. The highest BCUT2D eigenvalue weighted by molar-refractivity contribution is 6.36. The number of nitrogens with one attached hydrogen (secondary N) is 1. The second kappa shape index (κ2) is 7.49. The SMILES string of the molecule is COc1cccc(-c2cccc(Nc3nccc(C=O)c3F)c2Cl)c1F. The van der Waals surface area contributed by atoms with Gasteiger partial charge in [-0.3, -0.25) is 4.79 Å². The first-order valence-corrected chi connectivity index (χ1v) is 7.92. The molecule has 0 spiro atoms. The van der Waals surface area contributed by atoms with Crippen LogP contribution in [0.2, 0.25) is 5.02 Å². The number of rotatable bonds is 5. The summed E-state index contributed by atoms with van der Waals surface area (Å²) in [6.07, 6.45) is 1.69. The molecule has 0 aliphatic rings. The first-order chi connectivity index (χ1) is 12.6. The van der Waals surface area contributed by atoms with Crippen LogP contribution in [-0.4, -0.2) is 18.4 Å². The molecule has 0 radical (unpaired) electrons. The van der Waals surface area contributed by atoms with Gasteiger partial charge in [0.15, 0.2) is 29.5 Å². The van der Waals surface area contributed by atoms with E-state index in [4.69, 9.17) is 16.3 Å². The average Bonchev–Trinajstić information content (AvgIpc) is 2.65. The van der Waals surface area contributed by atoms with Crippen LogP contribution in [0.15, 0.2) is 48.7 Å². The van der Waals surface area contributed by atoms with Crippen LogP contribution in [0.4, 0.5) is 20.3 Å². The molecule has 0 bridgehead atoms. The van der Waals surface area contributed by atoms with Gasteiger partial charge in [-0.1, -0.05) is 35.9 Å².